The van der Waals surface area contributed by atoms with E-state index in [0.717, 1.165) is 17.1 Å². The van der Waals surface area contributed by atoms with Crippen LogP contribution in [0.25, 0.3) is 76.8 Å². The maximum absolute atomic E-state index is 2.38. The normalized spacial score (nSPS) is 11.3. The van der Waals surface area contributed by atoms with Crippen LogP contribution in [0.3, 0.4) is 0 Å². The molecule has 0 saturated carbocycles. The molecule has 0 amide bonds. The summed E-state index contributed by atoms with van der Waals surface area (Å²) < 4.78 is 0. The third kappa shape index (κ3) is 6.12. The SMILES string of the molecule is c1ccc(-c2ccc(-c3cccc(N(c4ccccc4)c4ccccc4-c4ccc(-c5ccc6c(ccc7c8ccccc8ccc67)c5)cc4)c3)cc2)cc1. The zero-order valence-electron chi connectivity index (χ0n) is 30.3. The largest absolute Gasteiger partial charge is 0.310 e. The molecule has 10 aromatic rings. The van der Waals surface area contributed by atoms with Crippen molar-refractivity contribution >= 4 is 49.4 Å². The lowest BCUT2D eigenvalue weighted by Crippen LogP contribution is -2.11. The molecule has 258 valence electrons. The summed E-state index contributed by atoms with van der Waals surface area (Å²) in [5.41, 5.74) is 12.9. The highest BCUT2D eigenvalue weighted by Crippen LogP contribution is 2.42. The van der Waals surface area contributed by atoms with Crippen molar-refractivity contribution < 1.29 is 0 Å². The van der Waals surface area contributed by atoms with Crippen LogP contribution in [0.1, 0.15) is 0 Å². The molecule has 1 nitrogen and oxygen atoms in total. The van der Waals surface area contributed by atoms with Crippen molar-refractivity contribution in [1.29, 1.82) is 0 Å². The molecule has 0 heterocycles. The Labute approximate surface area is 322 Å². The highest BCUT2D eigenvalue weighted by atomic mass is 15.1. The van der Waals surface area contributed by atoms with Gasteiger partial charge in [0.15, 0.2) is 0 Å². The fourth-order valence-electron chi connectivity index (χ4n) is 8.08. The van der Waals surface area contributed by atoms with Crippen LogP contribution >= 0.6 is 0 Å². The molecule has 0 radical (unpaired) electrons. The first-order valence-corrected chi connectivity index (χ1v) is 18.9. The molecule has 0 aliphatic heterocycles. The molecular formula is C54H37N. The topological polar surface area (TPSA) is 3.24 Å². The van der Waals surface area contributed by atoms with Crippen molar-refractivity contribution in [2.45, 2.75) is 0 Å². The van der Waals surface area contributed by atoms with E-state index in [2.05, 4.69) is 229 Å². The van der Waals surface area contributed by atoms with E-state index in [4.69, 9.17) is 0 Å². The fraction of sp³-hybridized carbons (Fsp3) is 0. The number of hydrogen-bond donors (Lipinski definition) is 0. The molecule has 0 aliphatic carbocycles. The highest BCUT2D eigenvalue weighted by molar-refractivity contribution is 6.17. The van der Waals surface area contributed by atoms with E-state index < -0.39 is 0 Å². The zero-order chi connectivity index (χ0) is 36.6. The van der Waals surface area contributed by atoms with Gasteiger partial charge in [0.2, 0.25) is 0 Å². The van der Waals surface area contributed by atoms with Crippen LogP contribution in [0.4, 0.5) is 17.1 Å². The Bertz CT molecular complexity index is 2950. The van der Waals surface area contributed by atoms with Crippen molar-refractivity contribution in [3.63, 3.8) is 0 Å². The predicted molar refractivity (Wildman–Crippen MR) is 235 cm³/mol. The number of benzene rings is 10. The molecule has 10 aromatic carbocycles. The summed E-state index contributed by atoms with van der Waals surface area (Å²) in [4.78, 5) is 2.38. The van der Waals surface area contributed by atoms with E-state index in [1.54, 1.807) is 0 Å². The van der Waals surface area contributed by atoms with E-state index in [9.17, 15) is 0 Å². The van der Waals surface area contributed by atoms with Crippen LogP contribution in [0.15, 0.2) is 224 Å². The molecule has 0 atom stereocenters. The molecule has 0 aliphatic rings. The van der Waals surface area contributed by atoms with Gasteiger partial charge in [-0.25, -0.2) is 0 Å². The molecule has 0 bridgehead atoms. The first-order valence-electron chi connectivity index (χ1n) is 18.9. The van der Waals surface area contributed by atoms with Crippen LogP contribution < -0.4 is 4.90 Å². The van der Waals surface area contributed by atoms with E-state index in [0.29, 0.717) is 0 Å². The molecule has 0 spiro atoms. The smallest absolute Gasteiger partial charge is 0.0540 e. The van der Waals surface area contributed by atoms with Gasteiger partial charge in [-0.2, -0.15) is 0 Å². The predicted octanol–water partition coefficient (Wildman–Crippen LogP) is 15.3. The second-order valence-corrected chi connectivity index (χ2v) is 14.1. The molecule has 0 aromatic heterocycles. The van der Waals surface area contributed by atoms with Crippen LogP contribution in [-0.4, -0.2) is 0 Å². The van der Waals surface area contributed by atoms with E-state index in [1.807, 2.05) is 0 Å². The zero-order valence-corrected chi connectivity index (χ0v) is 30.3. The summed E-state index contributed by atoms with van der Waals surface area (Å²) in [5.74, 6) is 0. The quantitative estimate of drug-likeness (QED) is 0.150. The Hall–Kier alpha value is -7.22. The van der Waals surface area contributed by atoms with Crippen LogP contribution in [0.2, 0.25) is 0 Å². The molecule has 1 heteroatoms. The maximum atomic E-state index is 2.38. The third-order valence-corrected chi connectivity index (χ3v) is 10.9. The number of para-hydroxylation sites is 2. The average Bonchev–Trinajstić information content (AvgIpc) is 3.27. The van der Waals surface area contributed by atoms with Gasteiger partial charge in [-0.05, 0) is 108 Å². The summed E-state index contributed by atoms with van der Waals surface area (Å²) in [7, 11) is 0. The molecule has 0 fully saturated rings. The number of rotatable bonds is 7. The molecule has 0 unspecified atom stereocenters. The number of fused-ring (bicyclic) bond motifs is 5. The summed E-state index contributed by atoms with van der Waals surface area (Å²) in [6.45, 7) is 0. The van der Waals surface area contributed by atoms with Gasteiger partial charge in [0.1, 0.15) is 0 Å². The van der Waals surface area contributed by atoms with E-state index in [1.165, 1.54) is 76.8 Å². The lowest BCUT2D eigenvalue weighted by atomic mass is 9.94. The average molecular weight is 700 g/mol. The minimum absolute atomic E-state index is 1.11. The summed E-state index contributed by atoms with van der Waals surface area (Å²) >= 11 is 0. The van der Waals surface area contributed by atoms with E-state index in [-0.39, 0.29) is 0 Å². The lowest BCUT2D eigenvalue weighted by Gasteiger charge is -2.28. The van der Waals surface area contributed by atoms with Crippen molar-refractivity contribution in [2.75, 3.05) is 4.90 Å². The highest BCUT2D eigenvalue weighted by Gasteiger charge is 2.18. The minimum Gasteiger partial charge on any atom is -0.310 e. The van der Waals surface area contributed by atoms with Crippen molar-refractivity contribution in [1.82, 2.24) is 0 Å². The van der Waals surface area contributed by atoms with Gasteiger partial charge in [0.25, 0.3) is 0 Å². The van der Waals surface area contributed by atoms with Crippen molar-refractivity contribution in [2.24, 2.45) is 0 Å². The van der Waals surface area contributed by atoms with Gasteiger partial charge >= 0.3 is 0 Å². The summed E-state index contributed by atoms with van der Waals surface area (Å²) in [6.07, 6.45) is 0. The fourth-order valence-corrected chi connectivity index (χ4v) is 8.08. The number of anilines is 3. The Morgan fingerprint density at radius 2 is 0.709 bits per heavy atom. The standard InChI is InChI=1S/C54H37N/c1-3-12-38(13-4-1)39-22-24-40(25-23-39)44-15-11-18-48(37-44)55(47-16-5-2-6-17-47)54-21-10-9-20-51(54)43-28-26-41(27-29-43)45-31-33-50-46(36-45)32-35-52-49-19-8-7-14-42(49)30-34-53(50)52/h1-37H. The van der Waals surface area contributed by atoms with Crippen LogP contribution in [-0.2, 0) is 0 Å². The maximum Gasteiger partial charge on any atom is 0.0540 e. The second-order valence-electron chi connectivity index (χ2n) is 14.1. The lowest BCUT2D eigenvalue weighted by molar-refractivity contribution is 1.28. The Kier molecular flexibility index (Phi) is 8.24. The summed E-state index contributed by atoms with van der Waals surface area (Å²) in [6, 6.07) is 81.3. The Morgan fingerprint density at radius 1 is 0.236 bits per heavy atom. The van der Waals surface area contributed by atoms with Gasteiger partial charge in [-0.15, -0.1) is 0 Å². The Balaban J connectivity index is 0.998. The van der Waals surface area contributed by atoms with Crippen LogP contribution in [0.5, 0.6) is 0 Å². The van der Waals surface area contributed by atoms with Gasteiger partial charge in [-0.3, -0.25) is 0 Å². The van der Waals surface area contributed by atoms with Crippen molar-refractivity contribution in [3.8, 4) is 44.5 Å². The number of hydrogen-bond acceptors (Lipinski definition) is 1. The number of nitrogens with zero attached hydrogens (tertiary/aromatic N) is 1. The molecule has 0 N–H and O–H groups in total. The molecule has 55 heavy (non-hydrogen) atoms. The molecule has 0 saturated heterocycles. The molecule has 10 rings (SSSR count). The monoisotopic (exact) mass is 699 g/mol. The van der Waals surface area contributed by atoms with Gasteiger partial charge in [0.05, 0.1) is 5.69 Å². The molecular weight excluding hydrogens is 663 g/mol. The van der Waals surface area contributed by atoms with Crippen molar-refractivity contribution in [3.05, 3.63) is 224 Å². The first kappa shape index (κ1) is 32.4. The summed E-state index contributed by atoms with van der Waals surface area (Å²) in [5, 5.41) is 7.71. The first-order chi connectivity index (χ1) is 27.3. The van der Waals surface area contributed by atoms with E-state index >= 15 is 0 Å². The Morgan fingerprint density at radius 3 is 1.45 bits per heavy atom. The second kappa shape index (κ2) is 14.0. The van der Waals surface area contributed by atoms with Gasteiger partial charge in [-0.1, -0.05) is 188 Å². The van der Waals surface area contributed by atoms with Gasteiger partial charge in [0, 0.05) is 16.9 Å². The van der Waals surface area contributed by atoms with Crippen LogP contribution in [0, 0.1) is 0 Å². The van der Waals surface area contributed by atoms with Gasteiger partial charge < -0.3 is 4.90 Å². The third-order valence-electron chi connectivity index (χ3n) is 10.9. The minimum atomic E-state index is 1.11.